The number of rotatable bonds is 3. The van der Waals surface area contributed by atoms with Crippen LogP contribution in [-0.2, 0) is 0 Å². The zero-order valence-electron chi connectivity index (χ0n) is 7.52. The molecular formula is C9H17F2N. The Hall–Kier alpha value is -0.180. The van der Waals surface area contributed by atoms with Crippen LogP contribution >= 0.6 is 0 Å². The first kappa shape index (κ1) is 9.90. The third-order valence-corrected chi connectivity index (χ3v) is 2.85. The number of hydrogen-bond donors (Lipinski definition) is 1. The first-order valence-corrected chi connectivity index (χ1v) is 4.63. The summed E-state index contributed by atoms with van der Waals surface area (Å²) in [5, 5.41) is 0. The molecule has 0 aromatic rings. The molecule has 0 saturated heterocycles. The van der Waals surface area contributed by atoms with Gasteiger partial charge in [-0.1, -0.05) is 6.42 Å². The maximum absolute atomic E-state index is 13.0. The highest BCUT2D eigenvalue weighted by Gasteiger charge is 2.41. The molecule has 0 aromatic carbocycles. The van der Waals surface area contributed by atoms with Crippen molar-refractivity contribution in [3.8, 4) is 0 Å². The van der Waals surface area contributed by atoms with Crippen molar-refractivity contribution in [1.82, 2.24) is 0 Å². The van der Waals surface area contributed by atoms with Gasteiger partial charge in [0.1, 0.15) is 0 Å². The predicted molar refractivity (Wildman–Crippen MR) is 45.1 cm³/mol. The summed E-state index contributed by atoms with van der Waals surface area (Å²) in [5.41, 5.74) is 5.37. The quantitative estimate of drug-likeness (QED) is 0.703. The van der Waals surface area contributed by atoms with E-state index >= 15 is 0 Å². The third-order valence-electron chi connectivity index (χ3n) is 2.85. The Balaban J connectivity index is 2.52. The molecule has 0 spiro atoms. The molecule has 1 fully saturated rings. The lowest BCUT2D eigenvalue weighted by molar-refractivity contribution is -0.0549. The van der Waals surface area contributed by atoms with Gasteiger partial charge in [-0.05, 0) is 38.6 Å². The molecule has 72 valence electrons. The molecule has 1 aliphatic carbocycles. The minimum atomic E-state index is -2.50. The van der Waals surface area contributed by atoms with E-state index in [4.69, 9.17) is 5.73 Å². The molecule has 3 heteroatoms. The van der Waals surface area contributed by atoms with Crippen molar-refractivity contribution in [2.24, 2.45) is 17.6 Å². The van der Waals surface area contributed by atoms with E-state index in [0.29, 0.717) is 13.0 Å². The van der Waals surface area contributed by atoms with E-state index in [9.17, 15) is 8.78 Å². The highest BCUT2D eigenvalue weighted by atomic mass is 19.3. The third kappa shape index (κ3) is 2.16. The SMILES string of the molecule is CC(F)(F)C1CCCC1CCN. The van der Waals surface area contributed by atoms with Crippen molar-refractivity contribution in [2.75, 3.05) is 6.54 Å². The average molecular weight is 177 g/mol. The molecule has 1 saturated carbocycles. The van der Waals surface area contributed by atoms with Gasteiger partial charge in [0.15, 0.2) is 0 Å². The van der Waals surface area contributed by atoms with Crippen LogP contribution in [0.15, 0.2) is 0 Å². The first-order valence-electron chi connectivity index (χ1n) is 4.63. The van der Waals surface area contributed by atoms with Crippen LogP contribution in [0.5, 0.6) is 0 Å². The van der Waals surface area contributed by atoms with Gasteiger partial charge in [0.2, 0.25) is 5.92 Å². The lowest BCUT2D eigenvalue weighted by Gasteiger charge is -2.24. The van der Waals surface area contributed by atoms with Gasteiger partial charge in [0.05, 0.1) is 0 Å². The van der Waals surface area contributed by atoms with Crippen LogP contribution in [0.25, 0.3) is 0 Å². The van der Waals surface area contributed by atoms with Gasteiger partial charge in [-0.25, -0.2) is 8.78 Å². The van der Waals surface area contributed by atoms with Crippen molar-refractivity contribution in [2.45, 2.75) is 38.5 Å². The van der Waals surface area contributed by atoms with Crippen LogP contribution in [0.2, 0.25) is 0 Å². The van der Waals surface area contributed by atoms with Crippen LogP contribution in [0.3, 0.4) is 0 Å². The van der Waals surface area contributed by atoms with Crippen LogP contribution < -0.4 is 5.73 Å². The minimum absolute atomic E-state index is 0.162. The van der Waals surface area contributed by atoms with E-state index in [1.807, 2.05) is 0 Å². The summed E-state index contributed by atoms with van der Waals surface area (Å²) < 4.78 is 25.9. The Morgan fingerprint density at radius 1 is 1.42 bits per heavy atom. The smallest absolute Gasteiger partial charge is 0.248 e. The van der Waals surface area contributed by atoms with E-state index in [2.05, 4.69) is 0 Å². The summed E-state index contributed by atoms with van der Waals surface area (Å²) in [5.74, 6) is -2.76. The molecular weight excluding hydrogens is 160 g/mol. The molecule has 0 amide bonds. The molecule has 0 radical (unpaired) electrons. The van der Waals surface area contributed by atoms with Crippen molar-refractivity contribution >= 4 is 0 Å². The number of halogens is 2. The molecule has 12 heavy (non-hydrogen) atoms. The summed E-state index contributed by atoms with van der Waals surface area (Å²) in [7, 11) is 0. The van der Waals surface area contributed by atoms with Gasteiger partial charge in [0.25, 0.3) is 0 Å². The molecule has 0 bridgehead atoms. The molecule has 0 heterocycles. The first-order chi connectivity index (χ1) is 5.55. The lowest BCUT2D eigenvalue weighted by Crippen LogP contribution is -2.28. The fraction of sp³-hybridized carbons (Fsp3) is 1.00. The Morgan fingerprint density at radius 3 is 2.58 bits per heavy atom. The second-order valence-electron chi connectivity index (χ2n) is 3.83. The van der Waals surface area contributed by atoms with Gasteiger partial charge >= 0.3 is 0 Å². The second-order valence-corrected chi connectivity index (χ2v) is 3.83. The van der Waals surface area contributed by atoms with E-state index in [1.165, 1.54) is 0 Å². The van der Waals surface area contributed by atoms with Gasteiger partial charge < -0.3 is 5.73 Å². The van der Waals surface area contributed by atoms with Crippen LogP contribution in [0.1, 0.15) is 32.6 Å². The molecule has 1 nitrogen and oxygen atoms in total. The van der Waals surface area contributed by atoms with E-state index in [-0.39, 0.29) is 5.92 Å². The van der Waals surface area contributed by atoms with Crippen molar-refractivity contribution in [3.05, 3.63) is 0 Å². The van der Waals surface area contributed by atoms with Crippen molar-refractivity contribution < 1.29 is 8.78 Å². The molecule has 1 aliphatic rings. The molecule has 1 rings (SSSR count). The predicted octanol–water partition coefficient (Wildman–Crippen LogP) is 2.41. The number of nitrogens with two attached hydrogens (primary N) is 1. The maximum Gasteiger partial charge on any atom is 0.248 e. The lowest BCUT2D eigenvalue weighted by atomic mass is 9.88. The summed E-state index contributed by atoms with van der Waals surface area (Å²) in [6, 6.07) is 0. The Kier molecular flexibility index (Phi) is 3.04. The maximum atomic E-state index is 13.0. The zero-order chi connectivity index (χ0) is 9.19. The second kappa shape index (κ2) is 3.69. The number of hydrogen-bond acceptors (Lipinski definition) is 1. The topological polar surface area (TPSA) is 26.0 Å². The van der Waals surface area contributed by atoms with Gasteiger partial charge in [-0.15, -0.1) is 0 Å². The normalized spacial score (nSPS) is 31.0. The molecule has 2 N–H and O–H groups in total. The molecule has 0 aliphatic heterocycles. The highest BCUT2D eigenvalue weighted by Crippen LogP contribution is 2.43. The van der Waals surface area contributed by atoms with E-state index < -0.39 is 11.8 Å². The Labute approximate surface area is 72.3 Å². The van der Waals surface area contributed by atoms with Crippen molar-refractivity contribution in [3.63, 3.8) is 0 Å². The monoisotopic (exact) mass is 177 g/mol. The fourth-order valence-electron chi connectivity index (χ4n) is 2.26. The zero-order valence-corrected chi connectivity index (χ0v) is 7.52. The van der Waals surface area contributed by atoms with Crippen LogP contribution in [0, 0.1) is 11.8 Å². The summed E-state index contributed by atoms with van der Waals surface area (Å²) in [6.45, 7) is 1.57. The van der Waals surface area contributed by atoms with E-state index in [0.717, 1.165) is 26.2 Å². The minimum Gasteiger partial charge on any atom is -0.330 e. The summed E-state index contributed by atoms with van der Waals surface area (Å²) >= 11 is 0. The van der Waals surface area contributed by atoms with Gasteiger partial charge in [-0.2, -0.15) is 0 Å². The Bertz CT molecular complexity index is 142. The average Bonchev–Trinajstić information content (AvgIpc) is 2.34. The van der Waals surface area contributed by atoms with Gasteiger partial charge in [-0.3, -0.25) is 0 Å². The van der Waals surface area contributed by atoms with Crippen LogP contribution in [-0.4, -0.2) is 12.5 Å². The summed E-state index contributed by atoms with van der Waals surface area (Å²) in [6.07, 6.45) is 3.31. The fourth-order valence-corrected chi connectivity index (χ4v) is 2.26. The standard InChI is InChI=1S/C9H17F2N/c1-9(10,11)8-4-2-3-7(8)5-6-12/h7-8H,2-6,12H2,1H3. The van der Waals surface area contributed by atoms with E-state index in [1.54, 1.807) is 0 Å². The molecule has 2 atom stereocenters. The highest BCUT2D eigenvalue weighted by molar-refractivity contribution is 4.85. The van der Waals surface area contributed by atoms with Crippen molar-refractivity contribution in [1.29, 1.82) is 0 Å². The van der Waals surface area contributed by atoms with Gasteiger partial charge in [0, 0.05) is 5.92 Å². The molecule has 2 unspecified atom stereocenters. The molecule has 0 aromatic heterocycles. The summed E-state index contributed by atoms with van der Waals surface area (Å²) in [4.78, 5) is 0. The Morgan fingerprint density at radius 2 is 2.08 bits per heavy atom. The largest absolute Gasteiger partial charge is 0.330 e. The van der Waals surface area contributed by atoms with Crippen LogP contribution in [0.4, 0.5) is 8.78 Å². The number of alkyl halides is 2.